The molecule has 0 spiro atoms. The molecule has 1 saturated heterocycles. The largest absolute Gasteiger partial charge is 0.481 e. The molecule has 0 radical (unpaired) electrons. The number of aliphatic carboxylic acids is 1. The second kappa shape index (κ2) is 4.55. The van der Waals surface area contributed by atoms with Crippen molar-refractivity contribution in [2.24, 2.45) is 5.92 Å². The van der Waals surface area contributed by atoms with Crippen LogP contribution >= 0.6 is 23.2 Å². The summed E-state index contributed by atoms with van der Waals surface area (Å²) in [5, 5.41) is 9.70. The standard InChI is InChI=1S/C11H9Cl2NO3/c12-6-1-2-8(13)9(5-6)14-4-3-7(10(14)15)11(16)17/h1-2,5,7H,3-4H2,(H,16,17)/t7-/m0/s1. The molecule has 4 nitrogen and oxygen atoms in total. The number of anilines is 1. The van der Waals surface area contributed by atoms with Crippen LogP contribution in [0, 0.1) is 5.92 Å². The Balaban J connectivity index is 2.33. The molecule has 0 aromatic heterocycles. The normalized spacial score (nSPS) is 19.8. The van der Waals surface area contributed by atoms with E-state index in [1.165, 1.54) is 4.90 Å². The molecule has 1 aliphatic heterocycles. The number of carboxylic acid groups (broad SMARTS) is 1. The first-order chi connectivity index (χ1) is 8.00. The highest BCUT2D eigenvalue weighted by molar-refractivity contribution is 6.36. The summed E-state index contributed by atoms with van der Waals surface area (Å²) in [4.78, 5) is 24.1. The highest BCUT2D eigenvalue weighted by Gasteiger charge is 2.38. The molecule has 1 N–H and O–H groups in total. The Kier molecular flexibility index (Phi) is 3.26. The van der Waals surface area contributed by atoms with Gasteiger partial charge in [0.25, 0.3) is 0 Å². The zero-order chi connectivity index (χ0) is 12.6. The number of amides is 1. The summed E-state index contributed by atoms with van der Waals surface area (Å²) in [5.41, 5.74) is 0.466. The number of hydrogen-bond acceptors (Lipinski definition) is 2. The van der Waals surface area contributed by atoms with Crippen LogP contribution in [0.1, 0.15) is 6.42 Å². The van der Waals surface area contributed by atoms with Gasteiger partial charge in [-0.2, -0.15) is 0 Å². The molecule has 17 heavy (non-hydrogen) atoms. The molecular formula is C11H9Cl2NO3. The SMILES string of the molecule is O=C(O)[C@H]1CCN(c2cc(Cl)ccc2Cl)C1=O. The number of carbonyl (C=O) groups excluding carboxylic acids is 1. The van der Waals surface area contributed by atoms with Crippen molar-refractivity contribution in [3.05, 3.63) is 28.2 Å². The van der Waals surface area contributed by atoms with Gasteiger partial charge in [-0.1, -0.05) is 23.2 Å². The maximum Gasteiger partial charge on any atom is 0.316 e. The average molecular weight is 274 g/mol. The fraction of sp³-hybridized carbons (Fsp3) is 0.273. The van der Waals surface area contributed by atoms with Gasteiger partial charge in [-0.15, -0.1) is 0 Å². The molecule has 1 amide bonds. The topological polar surface area (TPSA) is 57.6 Å². The van der Waals surface area contributed by atoms with Gasteiger partial charge in [0.1, 0.15) is 5.92 Å². The Morgan fingerprint density at radius 1 is 1.41 bits per heavy atom. The number of nitrogens with zero attached hydrogens (tertiary/aromatic N) is 1. The summed E-state index contributed by atoms with van der Waals surface area (Å²) in [5.74, 6) is -2.53. The van der Waals surface area contributed by atoms with Crippen molar-refractivity contribution in [3.8, 4) is 0 Å². The zero-order valence-electron chi connectivity index (χ0n) is 8.69. The summed E-state index contributed by atoms with van der Waals surface area (Å²) < 4.78 is 0. The van der Waals surface area contributed by atoms with Crippen molar-refractivity contribution in [3.63, 3.8) is 0 Å². The van der Waals surface area contributed by atoms with E-state index in [2.05, 4.69) is 0 Å². The smallest absolute Gasteiger partial charge is 0.316 e. The Morgan fingerprint density at radius 2 is 2.12 bits per heavy atom. The van der Waals surface area contributed by atoms with Crippen molar-refractivity contribution >= 4 is 40.8 Å². The minimum absolute atomic E-state index is 0.289. The van der Waals surface area contributed by atoms with E-state index >= 15 is 0 Å². The first-order valence-corrected chi connectivity index (χ1v) is 5.75. The molecule has 1 atom stereocenters. The first-order valence-electron chi connectivity index (χ1n) is 5.00. The van der Waals surface area contributed by atoms with Crippen molar-refractivity contribution < 1.29 is 14.7 Å². The number of benzene rings is 1. The predicted molar refractivity (Wildman–Crippen MR) is 64.6 cm³/mol. The van der Waals surface area contributed by atoms with E-state index < -0.39 is 17.8 Å². The maximum absolute atomic E-state index is 11.9. The lowest BCUT2D eigenvalue weighted by molar-refractivity contribution is -0.144. The van der Waals surface area contributed by atoms with Gasteiger partial charge in [0, 0.05) is 11.6 Å². The third-order valence-corrected chi connectivity index (χ3v) is 3.26. The Labute approximate surface area is 108 Å². The molecule has 2 rings (SSSR count). The molecule has 1 aromatic carbocycles. The van der Waals surface area contributed by atoms with Crippen LogP contribution in [0.25, 0.3) is 0 Å². The number of halogens is 2. The van der Waals surface area contributed by atoms with Crippen LogP contribution in [0.3, 0.4) is 0 Å². The fourth-order valence-electron chi connectivity index (χ4n) is 1.84. The molecule has 0 bridgehead atoms. The van der Waals surface area contributed by atoms with Crippen molar-refractivity contribution in [2.75, 3.05) is 11.4 Å². The van der Waals surface area contributed by atoms with Crippen molar-refractivity contribution in [1.29, 1.82) is 0 Å². The number of hydrogen-bond donors (Lipinski definition) is 1. The fourth-order valence-corrected chi connectivity index (χ4v) is 2.23. The molecule has 1 aliphatic rings. The maximum atomic E-state index is 11.9. The number of carbonyl (C=O) groups is 2. The van der Waals surface area contributed by atoms with Crippen LogP contribution in [0.2, 0.25) is 10.0 Å². The Bertz CT molecular complexity index is 490. The summed E-state index contributed by atoms with van der Waals surface area (Å²) in [6, 6.07) is 4.76. The minimum Gasteiger partial charge on any atom is -0.481 e. The minimum atomic E-state index is -1.10. The summed E-state index contributed by atoms with van der Waals surface area (Å²) in [6.45, 7) is 0.343. The molecule has 6 heteroatoms. The van der Waals surface area contributed by atoms with E-state index in [4.69, 9.17) is 28.3 Å². The molecule has 0 unspecified atom stereocenters. The molecule has 0 aliphatic carbocycles. The van der Waals surface area contributed by atoms with Crippen LogP contribution in [-0.4, -0.2) is 23.5 Å². The molecular weight excluding hydrogens is 265 g/mol. The van der Waals surface area contributed by atoms with Gasteiger partial charge in [-0.25, -0.2) is 0 Å². The number of rotatable bonds is 2. The lowest BCUT2D eigenvalue weighted by Gasteiger charge is -2.17. The Hall–Kier alpha value is -1.26. The van der Waals surface area contributed by atoms with Crippen molar-refractivity contribution in [2.45, 2.75) is 6.42 Å². The van der Waals surface area contributed by atoms with Crippen LogP contribution in [0.4, 0.5) is 5.69 Å². The molecule has 0 saturated carbocycles. The Morgan fingerprint density at radius 3 is 2.71 bits per heavy atom. The third kappa shape index (κ3) is 2.23. The zero-order valence-corrected chi connectivity index (χ0v) is 10.2. The lowest BCUT2D eigenvalue weighted by Crippen LogP contribution is -2.30. The molecule has 1 heterocycles. The van der Waals surface area contributed by atoms with Gasteiger partial charge in [-0.3, -0.25) is 9.59 Å². The third-order valence-electron chi connectivity index (χ3n) is 2.70. The second-order valence-electron chi connectivity index (χ2n) is 3.77. The molecule has 1 fully saturated rings. The monoisotopic (exact) mass is 273 g/mol. The quantitative estimate of drug-likeness (QED) is 0.842. The second-order valence-corrected chi connectivity index (χ2v) is 4.61. The van der Waals surface area contributed by atoms with Gasteiger partial charge in [0.15, 0.2) is 0 Å². The van der Waals surface area contributed by atoms with Gasteiger partial charge < -0.3 is 10.0 Å². The van der Waals surface area contributed by atoms with Gasteiger partial charge in [-0.05, 0) is 24.6 Å². The van der Waals surface area contributed by atoms with E-state index in [9.17, 15) is 9.59 Å². The summed E-state index contributed by atoms with van der Waals surface area (Å²) in [7, 11) is 0. The van der Waals surface area contributed by atoms with Crippen LogP contribution in [0.15, 0.2) is 18.2 Å². The molecule has 1 aromatic rings. The van der Waals surface area contributed by atoms with E-state index in [1.807, 2.05) is 0 Å². The van der Waals surface area contributed by atoms with Crippen LogP contribution < -0.4 is 4.90 Å². The predicted octanol–water partition coefficient (Wildman–Crippen LogP) is 2.43. The van der Waals surface area contributed by atoms with E-state index in [0.717, 1.165) is 0 Å². The van der Waals surface area contributed by atoms with E-state index in [1.54, 1.807) is 18.2 Å². The summed E-state index contributed by atoms with van der Waals surface area (Å²) in [6.07, 6.45) is 0.289. The van der Waals surface area contributed by atoms with E-state index in [0.29, 0.717) is 22.3 Å². The van der Waals surface area contributed by atoms with Gasteiger partial charge >= 0.3 is 5.97 Å². The lowest BCUT2D eigenvalue weighted by atomic mass is 10.1. The van der Waals surface area contributed by atoms with Gasteiger partial charge in [0.05, 0.1) is 10.7 Å². The van der Waals surface area contributed by atoms with Gasteiger partial charge in [0.2, 0.25) is 5.91 Å². The first kappa shape index (κ1) is 12.2. The van der Waals surface area contributed by atoms with Crippen molar-refractivity contribution in [1.82, 2.24) is 0 Å². The summed E-state index contributed by atoms with van der Waals surface area (Å²) >= 11 is 11.8. The van der Waals surface area contributed by atoms with Crippen LogP contribution in [-0.2, 0) is 9.59 Å². The van der Waals surface area contributed by atoms with Crippen LogP contribution in [0.5, 0.6) is 0 Å². The highest BCUT2D eigenvalue weighted by atomic mass is 35.5. The average Bonchev–Trinajstić information content (AvgIpc) is 2.64. The number of carboxylic acids is 1. The van der Waals surface area contributed by atoms with E-state index in [-0.39, 0.29) is 6.42 Å². The molecule has 90 valence electrons. The highest BCUT2D eigenvalue weighted by Crippen LogP contribution is 2.33.